The zero-order valence-corrected chi connectivity index (χ0v) is 19.5. The summed E-state index contributed by atoms with van der Waals surface area (Å²) in [5.74, 6) is -1.70. The Balaban J connectivity index is 1.47. The zero-order chi connectivity index (χ0) is 25.0. The molecule has 1 fully saturated rings. The molecule has 5 rings (SSSR count). The van der Waals surface area contributed by atoms with Gasteiger partial charge in [0, 0.05) is 45.5 Å². The van der Waals surface area contributed by atoms with Crippen molar-refractivity contribution in [1.82, 2.24) is 30.0 Å². The van der Waals surface area contributed by atoms with E-state index in [9.17, 15) is 22.4 Å². The van der Waals surface area contributed by atoms with Crippen LogP contribution in [0.25, 0.3) is 21.5 Å². The summed E-state index contributed by atoms with van der Waals surface area (Å²) in [6.45, 7) is 3.64. The second-order valence-corrected chi connectivity index (χ2v) is 9.95. The molecule has 1 aliphatic rings. The first-order chi connectivity index (χ1) is 16.5. The monoisotopic (exact) mass is 504 g/mol. The fourth-order valence-corrected chi connectivity index (χ4v) is 4.52. The number of fused-ring (bicyclic) bond motifs is 1. The Hall–Kier alpha value is -3.41. The summed E-state index contributed by atoms with van der Waals surface area (Å²) in [7, 11) is 0. The van der Waals surface area contributed by atoms with E-state index in [1.807, 2.05) is 6.92 Å². The third-order valence-electron chi connectivity index (χ3n) is 5.87. The molecule has 3 heterocycles. The molecule has 1 amide bonds. The molecule has 182 valence electrons. The molecule has 1 atom stereocenters. The lowest BCUT2D eigenvalue weighted by atomic mass is 10.0. The van der Waals surface area contributed by atoms with E-state index >= 15 is 0 Å². The standard InChI is InChI=1S/C23H20F4N6OS/c1-12-7-28-20(35-12)16-5-14(6-18-17(16)10-31-33(18)11-22(24)3-4-22)19(34)32-13(2)15-8-29-21(30-9-15)23(25,26)27/h5-10,13H,3-4,11H2,1-2H3,(H,32,34)/t13-/m1/s1. The second-order valence-electron chi connectivity index (χ2n) is 8.72. The van der Waals surface area contributed by atoms with Gasteiger partial charge in [-0.2, -0.15) is 18.3 Å². The van der Waals surface area contributed by atoms with Crippen LogP contribution in [-0.4, -0.2) is 36.3 Å². The number of benzene rings is 1. The topological polar surface area (TPSA) is 85.6 Å². The van der Waals surface area contributed by atoms with E-state index in [2.05, 4.69) is 25.4 Å². The molecular formula is C23H20F4N6OS. The maximum atomic E-state index is 14.5. The average Bonchev–Trinajstić information content (AvgIpc) is 3.18. The third-order valence-corrected chi connectivity index (χ3v) is 6.82. The first-order valence-corrected chi connectivity index (χ1v) is 11.7. The summed E-state index contributed by atoms with van der Waals surface area (Å²) in [6, 6.07) is 2.68. The molecule has 1 aromatic carbocycles. The number of carbonyl (C=O) groups is 1. The van der Waals surface area contributed by atoms with Gasteiger partial charge in [0.15, 0.2) is 0 Å². The van der Waals surface area contributed by atoms with E-state index in [4.69, 9.17) is 0 Å². The van der Waals surface area contributed by atoms with Crippen LogP contribution in [-0.2, 0) is 12.7 Å². The number of nitrogens with one attached hydrogen (secondary N) is 1. The van der Waals surface area contributed by atoms with Gasteiger partial charge in [-0.05, 0) is 38.8 Å². The molecule has 0 bridgehead atoms. The molecule has 0 radical (unpaired) electrons. The smallest absolute Gasteiger partial charge is 0.345 e. The van der Waals surface area contributed by atoms with Crippen molar-refractivity contribution < 1.29 is 22.4 Å². The number of hydrogen-bond acceptors (Lipinski definition) is 6. The van der Waals surface area contributed by atoms with E-state index in [1.54, 1.807) is 36.1 Å². The van der Waals surface area contributed by atoms with Crippen molar-refractivity contribution >= 4 is 28.1 Å². The summed E-state index contributed by atoms with van der Waals surface area (Å²) >= 11 is 1.46. The number of aryl methyl sites for hydroxylation is 1. The lowest BCUT2D eigenvalue weighted by Crippen LogP contribution is -2.27. The van der Waals surface area contributed by atoms with Gasteiger partial charge < -0.3 is 5.32 Å². The number of carbonyl (C=O) groups excluding carboxylic acids is 1. The van der Waals surface area contributed by atoms with Crippen LogP contribution in [0.4, 0.5) is 17.6 Å². The van der Waals surface area contributed by atoms with E-state index in [0.717, 1.165) is 22.7 Å². The summed E-state index contributed by atoms with van der Waals surface area (Å²) in [6.07, 6.45) is 1.76. The van der Waals surface area contributed by atoms with E-state index in [1.165, 1.54) is 11.3 Å². The Morgan fingerprint density at radius 2 is 1.89 bits per heavy atom. The van der Waals surface area contributed by atoms with Crippen LogP contribution >= 0.6 is 11.3 Å². The van der Waals surface area contributed by atoms with Crippen molar-refractivity contribution in [3.05, 3.63) is 58.7 Å². The van der Waals surface area contributed by atoms with Crippen molar-refractivity contribution in [3.63, 3.8) is 0 Å². The number of aromatic nitrogens is 5. The normalized spacial score (nSPS) is 15.8. The maximum Gasteiger partial charge on any atom is 0.451 e. The van der Waals surface area contributed by atoms with Gasteiger partial charge in [-0.1, -0.05) is 0 Å². The molecular weight excluding hydrogens is 484 g/mol. The number of rotatable bonds is 6. The SMILES string of the molecule is Cc1cnc(-c2cc(C(=O)N[C@H](C)c3cnc(C(F)(F)F)nc3)cc3c2cnn3CC2(F)CC2)s1. The molecule has 1 aliphatic carbocycles. The molecule has 1 saturated carbocycles. The number of thiazole rings is 1. The minimum Gasteiger partial charge on any atom is -0.345 e. The van der Waals surface area contributed by atoms with Gasteiger partial charge in [0.05, 0.1) is 24.3 Å². The molecule has 1 N–H and O–H groups in total. The molecule has 0 unspecified atom stereocenters. The Morgan fingerprint density at radius 1 is 1.17 bits per heavy atom. The largest absolute Gasteiger partial charge is 0.451 e. The summed E-state index contributed by atoms with van der Waals surface area (Å²) in [5, 5.41) is 8.59. The van der Waals surface area contributed by atoms with Crippen LogP contribution in [0.5, 0.6) is 0 Å². The van der Waals surface area contributed by atoms with Crippen LogP contribution in [0.15, 0.2) is 36.9 Å². The molecule has 35 heavy (non-hydrogen) atoms. The fraction of sp³-hybridized carbons (Fsp3) is 0.348. The summed E-state index contributed by atoms with van der Waals surface area (Å²) in [4.78, 5) is 25.3. The predicted octanol–water partition coefficient (Wildman–Crippen LogP) is 5.27. The van der Waals surface area contributed by atoms with E-state index < -0.39 is 29.6 Å². The Labute approximate surface area is 201 Å². The number of amides is 1. The van der Waals surface area contributed by atoms with Gasteiger partial charge in [-0.25, -0.2) is 19.3 Å². The van der Waals surface area contributed by atoms with E-state index in [0.29, 0.717) is 40.1 Å². The van der Waals surface area contributed by atoms with Crippen LogP contribution in [0.2, 0.25) is 0 Å². The number of nitrogens with zero attached hydrogens (tertiary/aromatic N) is 5. The van der Waals surface area contributed by atoms with Crippen LogP contribution < -0.4 is 5.32 Å². The molecule has 3 aromatic heterocycles. The molecule has 7 nitrogen and oxygen atoms in total. The summed E-state index contributed by atoms with van der Waals surface area (Å²) in [5.41, 5.74) is 0.639. The van der Waals surface area contributed by atoms with Gasteiger partial charge in [0.25, 0.3) is 5.91 Å². The maximum absolute atomic E-state index is 14.5. The number of hydrogen-bond donors (Lipinski definition) is 1. The highest BCUT2D eigenvalue weighted by atomic mass is 32.1. The van der Waals surface area contributed by atoms with Crippen molar-refractivity contribution in [1.29, 1.82) is 0 Å². The van der Waals surface area contributed by atoms with Crippen molar-refractivity contribution in [2.75, 3.05) is 0 Å². The van der Waals surface area contributed by atoms with Crippen molar-refractivity contribution in [2.24, 2.45) is 0 Å². The van der Waals surface area contributed by atoms with Gasteiger partial charge in [-0.3, -0.25) is 9.48 Å². The predicted molar refractivity (Wildman–Crippen MR) is 122 cm³/mol. The van der Waals surface area contributed by atoms with Gasteiger partial charge >= 0.3 is 6.18 Å². The van der Waals surface area contributed by atoms with Gasteiger partial charge in [0.2, 0.25) is 5.82 Å². The average molecular weight is 505 g/mol. The molecule has 0 saturated heterocycles. The Morgan fingerprint density at radius 3 is 2.49 bits per heavy atom. The van der Waals surface area contributed by atoms with Gasteiger partial charge in [0.1, 0.15) is 10.7 Å². The highest BCUT2D eigenvalue weighted by molar-refractivity contribution is 7.15. The van der Waals surface area contributed by atoms with Crippen molar-refractivity contribution in [2.45, 2.75) is 51.1 Å². The molecule has 4 aromatic rings. The highest BCUT2D eigenvalue weighted by Gasteiger charge is 2.44. The fourth-order valence-electron chi connectivity index (χ4n) is 3.72. The summed E-state index contributed by atoms with van der Waals surface area (Å²) < 4.78 is 54.3. The van der Waals surface area contributed by atoms with Crippen LogP contribution in [0, 0.1) is 6.92 Å². The minimum absolute atomic E-state index is 0.0944. The number of halogens is 4. The zero-order valence-electron chi connectivity index (χ0n) is 18.7. The minimum atomic E-state index is -4.65. The second kappa shape index (κ2) is 8.36. The molecule has 12 heteroatoms. The Kier molecular flexibility index (Phi) is 5.58. The lowest BCUT2D eigenvalue weighted by molar-refractivity contribution is -0.145. The van der Waals surface area contributed by atoms with Crippen LogP contribution in [0.1, 0.15) is 52.4 Å². The lowest BCUT2D eigenvalue weighted by Gasteiger charge is -2.15. The van der Waals surface area contributed by atoms with Crippen molar-refractivity contribution in [3.8, 4) is 10.6 Å². The first kappa shape index (κ1) is 23.3. The first-order valence-electron chi connectivity index (χ1n) is 10.8. The quantitative estimate of drug-likeness (QED) is 0.362. The van der Waals surface area contributed by atoms with Crippen LogP contribution in [0.3, 0.4) is 0 Å². The van der Waals surface area contributed by atoms with E-state index in [-0.39, 0.29) is 6.54 Å². The highest BCUT2D eigenvalue weighted by Crippen LogP contribution is 2.42. The number of alkyl halides is 4. The molecule has 0 aliphatic heterocycles. The van der Waals surface area contributed by atoms with Gasteiger partial charge in [-0.15, -0.1) is 11.3 Å². The third kappa shape index (κ3) is 4.75. The molecule has 0 spiro atoms. The Bertz CT molecular complexity index is 1410.